The highest BCUT2D eigenvalue weighted by Crippen LogP contribution is 2.38. The van der Waals surface area contributed by atoms with E-state index in [9.17, 15) is 0 Å². The number of hydrogen-bond acceptors (Lipinski definition) is 4. The summed E-state index contributed by atoms with van der Waals surface area (Å²) in [6, 6.07) is 54.5. The highest BCUT2D eigenvalue weighted by atomic mass is 16.3. The summed E-state index contributed by atoms with van der Waals surface area (Å²) in [4.78, 5) is 15.0. The molecule has 48 heavy (non-hydrogen) atoms. The summed E-state index contributed by atoms with van der Waals surface area (Å²) >= 11 is 0. The van der Waals surface area contributed by atoms with Crippen molar-refractivity contribution in [3.63, 3.8) is 0 Å². The van der Waals surface area contributed by atoms with Crippen molar-refractivity contribution < 1.29 is 4.42 Å². The summed E-state index contributed by atoms with van der Waals surface area (Å²) < 4.78 is 6.40. The van der Waals surface area contributed by atoms with Crippen LogP contribution in [0.15, 0.2) is 162 Å². The molecule has 0 N–H and O–H groups in total. The van der Waals surface area contributed by atoms with Gasteiger partial charge in [-0.2, -0.15) is 0 Å². The standard InChI is InChI=1S/C44H29N3O/c1-28-9-7-16-39-40(28)38-15-8-14-37(41(38)48-39)32-20-24-34(25-21-32)43-45-42(33-22-17-31(18-23-33)29-10-3-2-4-11-29)46-44(47-43)36-26-19-30-12-5-6-13-35(30)27-36/h2-27H,1H3. The zero-order valence-corrected chi connectivity index (χ0v) is 26.3. The zero-order valence-electron chi connectivity index (χ0n) is 26.3. The number of para-hydroxylation sites is 1. The number of aryl methyl sites for hydroxylation is 1. The van der Waals surface area contributed by atoms with Crippen molar-refractivity contribution in [1.82, 2.24) is 15.0 Å². The second-order valence-corrected chi connectivity index (χ2v) is 12.1. The smallest absolute Gasteiger partial charge is 0.164 e. The van der Waals surface area contributed by atoms with Gasteiger partial charge < -0.3 is 4.42 Å². The Morgan fingerprint density at radius 3 is 1.71 bits per heavy atom. The van der Waals surface area contributed by atoms with E-state index in [2.05, 4.69) is 146 Å². The molecule has 0 unspecified atom stereocenters. The van der Waals surface area contributed by atoms with Gasteiger partial charge in [0, 0.05) is 33.0 Å². The molecule has 4 heteroatoms. The van der Waals surface area contributed by atoms with Gasteiger partial charge in [0.2, 0.25) is 0 Å². The van der Waals surface area contributed by atoms with Gasteiger partial charge in [-0.15, -0.1) is 0 Å². The van der Waals surface area contributed by atoms with Crippen molar-refractivity contribution in [3.8, 4) is 56.4 Å². The largest absolute Gasteiger partial charge is 0.455 e. The third kappa shape index (κ3) is 4.91. The molecule has 0 aliphatic carbocycles. The fourth-order valence-corrected chi connectivity index (χ4v) is 6.59. The Bertz CT molecular complexity index is 2600. The second kappa shape index (κ2) is 11.4. The molecule has 0 amide bonds. The van der Waals surface area contributed by atoms with Crippen molar-refractivity contribution >= 4 is 32.7 Å². The molecular formula is C44H29N3O. The van der Waals surface area contributed by atoms with Crippen molar-refractivity contribution in [3.05, 3.63) is 163 Å². The van der Waals surface area contributed by atoms with Crippen LogP contribution in [0.4, 0.5) is 0 Å². The highest BCUT2D eigenvalue weighted by Gasteiger charge is 2.16. The van der Waals surface area contributed by atoms with Crippen LogP contribution in [-0.4, -0.2) is 15.0 Å². The predicted octanol–water partition coefficient (Wildman–Crippen LogP) is 11.6. The van der Waals surface area contributed by atoms with Crippen LogP contribution in [0.2, 0.25) is 0 Å². The van der Waals surface area contributed by atoms with Crippen LogP contribution in [0.25, 0.3) is 89.1 Å². The molecular weight excluding hydrogens is 587 g/mol. The fourth-order valence-electron chi connectivity index (χ4n) is 6.59. The fraction of sp³-hybridized carbons (Fsp3) is 0.0227. The molecule has 0 bridgehead atoms. The molecule has 0 fully saturated rings. The molecule has 0 aliphatic heterocycles. The van der Waals surface area contributed by atoms with Gasteiger partial charge in [-0.3, -0.25) is 0 Å². The third-order valence-electron chi connectivity index (χ3n) is 9.08. The molecule has 4 nitrogen and oxygen atoms in total. The minimum absolute atomic E-state index is 0.624. The van der Waals surface area contributed by atoms with Gasteiger partial charge in [0.25, 0.3) is 0 Å². The Kier molecular flexibility index (Phi) is 6.65. The molecule has 0 aliphatic rings. The Morgan fingerprint density at radius 1 is 0.417 bits per heavy atom. The summed E-state index contributed by atoms with van der Waals surface area (Å²) in [6.07, 6.45) is 0. The highest BCUT2D eigenvalue weighted by molar-refractivity contribution is 6.10. The van der Waals surface area contributed by atoms with Crippen molar-refractivity contribution in [2.45, 2.75) is 6.92 Å². The number of rotatable bonds is 5. The van der Waals surface area contributed by atoms with Gasteiger partial charge in [0.15, 0.2) is 17.5 Å². The lowest BCUT2D eigenvalue weighted by atomic mass is 10.00. The number of fused-ring (bicyclic) bond motifs is 4. The number of aromatic nitrogens is 3. The van der Waals surface area contributed by atoms with Crippen LogP contribution in [0, 0.1) is 6.92 Å². The maximum Gasteiger partial charge on any atom is 0.164 e. The van der Waals surface area contributed by atoms with Gasteiger partial charge in [0.05, 0.1) is 0 Å². The van der Waals surface area contributed by atoms with E-state index in [4.69, 9.17) is 19.4 Å². The number of benzene rings is 7. The van der Waals surface area contributed by atoms with Crippen LogP contribution in [0.5, 0.6) is 0 Å². The van der Waals surface area contributed by atoms with Crippen LogP contribution in [-0.2, 0) is 0 Å². The molecule has 0 atom stereocenters. The molecule has 0 saturated carbocycles. The lowest BCUT2D eigenvalue weighted by Gasteiger charge is -2.10. The van der Waals surface area contributed by atoms with Crippen LogP contribution < -0.4 is 0 Å². The Labute approximate surface area is 278 Å². The van der Waals surface area contributed by atoms with E-state index in [1.165, 1.54) is 21.9 Å². The van der Waals surface area contributed by atoms with Gasteiger partial charge in [-0.25, -0.2) is 15.0 Å². The summed E-state index contributed by atoms with van der Waals surface area (Å²) in [5.41, 5.74) is 10.3. The SMILES string of the molecule is Cc1cccc2oc3c(-c4ccc(-c5nc(-c6ccc(-c7ccccc7)cc6)nc(-c6ccc7ccccc7c6)n5)cc4)cccc3c12. The van der Waals surface area contributed by atoms with Crippen LogP contribution in [0.3, 0.4) is 0 Å². The van der Waals surface area contributed by atoms with E-state index in [1.807, 2.05) is 18.2 Å². The summed E-state index contributed by atoms with van der Waals surface area (Å²) in [5, 5.41) is 4.62. The normalized spacial score (nSPS) is 11.4. The van der Waals surface area contributed by atoms with Crippen LogP contribution >= 0.6 is 0 Å². The van der Waals surface area contributed by atoms with Crippen LogP contribution in [0.1, 0.15) is 5.56 Å². The summed E-state index contributed by atoms with van der Waals surface area (Å²) in [5.74, 6) is 1.90. The molecule has 2 aromatic heterocycles. The quantitative estimate of drug-likeness (QED) is 0.193. The van der Waals surface area contributed by atoms with Gasteiger partial charge in [0.1, 0.15) is 11.2 Å². The molecule has 226 valence electrons. The average molecular weight is 616 g/mol. The first kappa shape index (κ1) is 27.9. The Morgan fingerprint density at radius 2 is 0.979 bits per heavy atom. The predicted molar refractivity (Wildman–Crippen MR) is 197 cm³/mol. The van der Waals surface area contributed by atoms with E-state index < -0.39 is 0 Å². The van der Waals surface area contributed by atoms with E-state index in [0.717, 1.165) is 55.3 Å². The van der Waals surface area contributed by atoms with Crippen molar-refractivity contribution in [2.24, 2.45) is 0 Å². The minimum atomic E-state index is 0.624. The Hall–Kier alpha value is -6.39. The first-order valence-electron chi connectivity index (χ1n) is 16.1. The molecule has 0 spiro atoms. The summed E-state index contributed by atoms with van der Waals surface area (Å²) in [7, 11) is 0. The second-order valence-electron chi connectivity index (χ2n) is 12.1. The van der Waals surface area contributed by atoms with E-state index >= 15 is 0 Å². The third-order valence-corrected chi connectivity index (χ3v) is 9.08. The Balaban J connectivity index is 1.14. The molecule has 0 saturated heterocycles. The maximum atomic E-state index is 6.40. The first-order chi connectivity index (χ1) is 23.7. The number of furan rings is 1. The van der Waals surface area contributed by atoms with Gasteiger partial charge in [-0.05, 0) is 52.1 Å². The zero-order chi connectivity index (χ0) is 32.0. The molecule has 9 rings (SSSR count). The van der Waals surface area contributed by atoms with Gasteiger partial charge >= 0.3 is 0 Å². The molecule has 9 aromatic rings. The van der Waals surface area contributed by atoms with Crippen molar-refractivity contribution in [2.75, 3.05) is 0 Å². The molecule has 2 heterocycles. The van der Waals surface area contributed by atoms with Gasteiger partial charge in [-0.1, -0.05) is 146 Å². The summed E-state index contributed by atoms with van der Waals surface area (Å²) in [6.45, 7) is 2.13. The van der Waals surface area contributed by atoms with E-state index in [1.54, 1.807) is 0 Å². The maximum absolute atomic E-state index is 6.40. The minimum Gasteiger partial charge on any atom is -0.455 e. The molecule has 7 aromatic carbocycles. The first-order valence-corrected chi connectivity index (χ1v) is 16.1. The number of nitrogens with zero attached hydrogens (tertiary/aromatic N) is 3. The monoisotopic (exact) mass is 615 g/mol. The lowest BCUT2D eigenvalue weighted by molar-refractivity contribution is 0.670. The van der Waals surface area contributed by atoms with E-state index in [0.29, 0.717) is 17.5 Å². The van der Waals surface area contributed by atoms with E-state index in [-0.39, 0.29) is 0 Å². The lowest BCUT2D eigenvalue weighted by Crippen LogP contribution is -2.00. The number of hydrogen-bond donors (Lipinski definition) is 0. The average Bonchev–Trinajstić information content (AvgIpc) is 3.55. The van der Waals surface area contributed by atoms with Crippen molar-refractivity contribution in [1.29, 1.82) is 0 Å². The topological polar surface area (TPSA) is 51.8 Å². The molecule has 0 radical (unpaired) electrons.